The second kappa shape index (κ2) is 4.82. The summed E-state index contributed by atoms with van der Waals surface area (Å²) in [5, 5.41) is 0. The molecule has 0 aliphatic rings. The zero-order chi connectivity index (χ0) is 8.97. The van der Waals surface area contributed by atoms with E-state index in [1.165, 1.54) is 4.88 Å². The van der Waals surface area contributed by atoms with E-state index in [9.17, 15) is 0 Å². The predicted octanol–water partition coefficient (Wildman–Crippen LogP) is 3.00. The van der Waals surface area contributed by atoms with E-state index in [2.05, 4.69) is 5.48 Å². The summed E-state index contributed by atoms with van der Waals surface area (Å²) in [6.07, 6.45) is 0. The minimum atomic E-state index is 0.211. The molecule has 1 heterocycles. The Morgan fingerprint density at radius 2 is 2.42 bits per heavy atom. The molecule has 0 saturated carbocycles. The van der Waals surface area contributed by atoms with Gasteiger partial charge >= 0.3 is 0 Å². The lowest BCUT2D eigenvalue weighted by Gasteiger charge is -2.09. The van der Waals surface area contributed by atoms with Crippen molar-refractivity contribution in [3.05, 3.63) is 21.3 Å². The van der Waals surface area contributed by atoms with Crippen molar-refractivity contribution in [1.82, 2.24) is 5.48 Å². The van der Waals surface area contributed by atoms with Crippen LogP contribution in [0.4, 0.5) is 0 Å². The van der Waals surface area contributed by atoms with Crippen LogP contribution in [0.3, 0.4) is 0 Å². The van der Waals surface area contributed by atoms with Crippen LogP contribution in [-0.2, 0) is 4.84 Å². The lowest BCUT2D eigenvalue weighted by molar-refractivity contribution is 0.0293. The van der Waals surface area contributed by atoms with E-state index < -0.39 is 0 Å². The molecule has 68 valence electrons. The zero-order valence-electron chi connectivity index (χ0n) is 7.13. The highest BCUT2D eigenvalue weighted by atomic mass is 35.5. The summed E-state index contributed by atoms with van der Waals surface area (Å²) in [7, 11) is 0. The highest BCUT2D eigenvalue weighted by molar-refractivity contribution is 7.16. The van der Waals surface area contributed by atoms with Gasteiger partial charge in [0.2, 0.25) is 0 Å². The van der Waals surface area contributed by atoms with Gasteiger partial charge in [-0.25, -0.2) is 0 Å². The van der Waals surface area contributed by atoms with E-state index in [1.54, 1.807) is 11.3 Å². The van der Waals surface area contributed by atoms with Crippen LogP contribution in [0.5, 0.6) is 0 Å². The second-order valence-electron chi connectivity index (χ2n) is 2.41. The molecule has 0 bridgehead atoms. The van der Waals surface area contributed by atoms with Crippen molar-refractivity contribution in [3.63, 3.8) is 0 Å². The molecular formula is C8H12ClNOS. The summed E-state index contributed by atoms with van der Waals surface area (Å²) < 4.78 is 0.815. The Labute approximate surface area is 81.5 Å². The maximum atomic E-state index is 5.79. The van der Waals surface area contributed by atoms with Crippen molar-refractivity contribution in [2.24, 2.45) is 0 Å². The number of rotatable bonds is 4. The molecular weight excluding hydrogens is 194 g/mol. The van der Waals surface area contributed by atoms with Crippen LogP contribution in [0, 0.1) is 0 Å². The zero-order valence-corrected chi connectivity index (χ0v) is 8.71. The number of halogens is 1. The third-order valence-corrected chi connectivity index (χ3v) is 2.84. The van der Waals surface area contributed by atoms with Crippen LogP contribution in [-0.4, -0.2) is 6.61 Å². The maximum absolute atomic E-state index is 5.79. The van der Waals surface area contributed by atoms with Crippen molar-refractivity contribution >= 4 is 22.9 Å². The number of hydroxylamine groups is 1. The van der Waals surface area contributed by atoms with E-state index in [0.29, 0.717) is 6.61 Å². The molecule has 0 radical (unpaired) electrons. The molecule has 1 aromatic heterocycles. The SMILES string of the molecule is CCONC(C)c1ccc(Cl)s1. The summed E-state index contributed by atoms with van der Waals surface area (Å²) in [4.78, 5) is 6.26. The highest BCUT2D eigenvalue weighted by Crippen LogP contribution is 2.26. The van der Waals surface area contributed by atoms with Gasteiger partial charge < -0.3 is 4.84 Å². The Bertz CT molecular complexity index is 239. The third kappa shape index (κ3) is 2.75. The monoisotopic (exact) mass is 205 g/mol. The average molecular weight is 206 g/mol. The van der Waals surface area contributed by atoms with Crippen LogP contribution in [0.25, 0.3) is 0 Å². The van der Waals surface area contributed by atoms with Gasteiger partial charge in [-0.05, 0) is 26.0 Å². The number of hydrogen-bond acceptors (Lipinski definition) is 3. The normalized spacial score (nSPS) is 13.2. The van der Waals surface area contributed by atoms with Gasteiger partial charge in [-0.1, -0.05) is 11.6 Å². The lowest BCUT2D eigenvalue weighted by Crippen LogP contribution is -2.17. The fourth-order valence-corrected chi connectivity index (χ4v) is 1.88. The fraction of sp³-hybridized carbons (Fsp3) is 0.500. The molecule has 0 amide bonds. The second-order valence-corrected chi connectivity index (χ2v) is 4.16. The Morgan fingerprint density at radius 1 is 1.67 bits per heavy atom. The number of hydrogen-bond donors (Lipinski definition) is 1. The molecule has 0 fully saturated rings. The predicted molar refractivity (Wildman–Crippen MR) is 52.5 cm³/mol. The topological polar surface area (TPSA) is 21.3 Å². The Kier molecular flexibility index (Phi) is 4.01. The number of nitrogens with one attached hydrogen (secondary N) is 1. The number of thiophene rings is 1. The molecule has 0 spiro atoms. The van der Waals surface area contributed by atoms with E-state index >= 15 is 0 Å². The first-order chi connectivity index (χ1) is 5.74. The summed E-state index contributed by atoms with van der Waals surface area (Å²) in [5.41, 5.74) is 2.91. The first-order valence-corrected chi connectivity index (χ1v) is 5.06. The Hall–Kier alpha value is -0.0900. The van der Waals surface area contributed by atoms with Gasteiger partial charge in [-0.2, -0.15) is 5.48 Å². The summed E-state index contributed by atoms with van der Waals surface area (Å²) >= 11 is 7.36. The smallest absolute Gasteiger partial charge is 0.0931 e. The van der Waals surface area contributed by atoms with Gasteiger partial charge in [0.25, 0.3) is 0 Å². The van der Waals surface area contributed by atoms with E-state index in [-0.39, 0.29) is 6.04 Å². The molecule has 0 saturated heterocycles. The van der Waals surface area contributed by atoms with Crippen LogP contribution in [0.2, 0.25) is 4.34 Å². The van der Waals surface area contributed by atoms with Crippen LogP contribution in [0.15, 0.2) is 12.1 Å². The minimum absolute atomic E-state index is 0.211. The van der Waals surface area contributed by atoms with Crippen molar-refractivity contribution in [2.45, 2.75) is 19.9 Å². The molecule has 0 aliphatic carbocycles. The van der Waals surface area contributed by atoms with Crippen LogP contribution < -0.4 is 5.48 Å². The highest BCUT2D eigenvalue weighted by Gasteiger charge is 2.06. The van der Waals surface area contributed by atoms with Crippen molar-refractivity contribution < 1.29 is 4.84 Å². The fourth-order valence-electron chi connectivity index (χ4n) is 0.827. The molecule has 0 aromatic carbocycles. The van der Waals surface area contributed by atoms with Crippen molar-refractivity contribution in [2.75, 3.05) is 6.61 Å². The Balaban J connectivity index is 2.47. The average Bonchev–Trinajstić information content (AvgIpc) is 2.47. The van der Waals surface area contributed by atoms with Gasteiger partial charge in [-0.15, -0.1) is 11.3 Å². The Morgan fingerprint density at radius 3 is 2.92 bits per heavy atom. The van der Waals surface area contributed by atoms with E-state index in [0.717, 1.165) is 4.34 Å². The van der Waals surface area contributed by atoms with Crippen LogP contribution >= 0.6 is 22.9 Å². The molecule has 4 heteroatoms. The van der Waals surface area contributed by atoms with Gasteiger partial charge in [-0.3, -0.25) is 0 Å². The largest absolute Gasteiger partial charge is 0.301 e. The maximum Gasteiger partial charge on any atom is 0.0931 e. The van der Waals surface area contributed by atoms with E-state index in [4.69, 9.17) is 16.4 Å². The third-order valence-electron chi connectivity index (χ3n) is 1.43. The van der Waals surface area contributed by atoms with Gasteiger partial charge in [0.05, 0.1) is 17.0 Å². The molecule has 0 aliphatic heterocycles. The molecule has 12 heavy (non-hydrogen) atoms. The standard InChI is InChI=1S/C8H12ClNOS/c1-3-11-10-6(2)7-4-5-8(9)12-7/h4-6,10H,3H2,1-2H3. The van der Waals surface area contributed by atoms with Gasteiger partial charge in [0.15, 0.2) is 0 Å². The van der Waals surface area contributed by atoms with Gasteiger partial charge in [0.1, 0.15) is 0 Å². The molecule has 2 nitrogen and oxygen atoms in total. The minimum Gasteiger partial charge on any atom is -0.301 e. The summed E-state index contributed by atoms with van der Waals surface area (Å²) in [6, 6.07) is 4.11. The lowest BCUT2D eigenvalue weighted by atomic mass is 10.3. The van der Waals surface area contributed by atoms with Crippen LogP contribution in [0.1, 0.15) is 24.8 Å². The summed E-state index contributed by atoms with van der Waals surface area (Å²) in [5.74, 6) is 0. The van der Waals surface area contributed by atoms with Crippen molar-refractivity contribution in [1.29, 1.82) is 0 Å². The van der Waals surface area contributed by atoms with E-state index in [1.807, 2.05) is 26.0 Å². The molecule has 1 unspecified atom stereocenters. The first kappa shape index (κ1) is 9.99. The molecule has 1 aromatic rings. The van der Waals surface area contributed by atoms with Crippen molar-refractivity contribution in [3.8, 4) is 0 Å². The quantitative estimate of drug-likeness (QED) is 0.764. The first-order valence-electron chi connectivity index (χ1n) is 3.86. The molecule has 1 rings (SSSR count). The molecule has 1 N–H and O–H groups in total. The summed E-state index contributed by atoms with van der Waals surface area (Å²) in [6.45, 7) is 4.66. The molecule has 1 atom stereocenters. The van der Waals surface area contributed by atoms with Gasteiger partial charge in [0, 0.05) is 4.88 Å².